The minimum atomic E-state index is -0.374. The first kappa shape index (κ1) is 17.7. The third-order valence-electron chi connectivity index (χ3n) is 4.79. The quantitative estimate of drug-likeness (QED) is 0.189. The fourth-order valence-electron chi connectivity index (χ4n) is 3.33. The number of carbonyl (C=O) groups is 1. The molecule has 0 saturated heterocycles. The Kier molecular flexibility index (Phi) is 4.49. The largest absolute Gasteiger partial charge is 0.410 e. The van der Waals surface area contributed by atoms with Gasteiger partial charge in [-0.2, -0.15) is 0 Å². The number of oxime groups is 1. The van der Waals surface area contributed by atoms with Crippen LogP contribution in [0.1, 0.15) is 16.1 Å². The smallest absolute Gasteiger partial charge is 0.217 e. The van der Waals surface area contributed by atoms with E-state index in [1.807, 2.05) is 79.7 Å². The Balaban J connectivity index is 1.88. The van der Waals surface area contributed by atoms with E-state index in [9.17, 15) is 10.0 Å². The van der Waals surface area contributed by atoms with Crippen LogP contribution < -0.4 is 4.90 Å². The van der Waals surface area contributed by atoms with Gasteiger partial charge in [0.1, 0.15) is 5.69 Å². The lowest BCUT2D eigenvalue weighted by atomic mass is 9.98. The fraction of sp³-hybridized carbons (Fsp3) is 0.0870. The summed E-state index contributed by atoms with van der Waals surface area (Å²) in [6.07, 6.45) is 0. The third kappa shape index (κ3) is 2.97. The van der Waals surface area contributed by atoms with Gasteiger partial charge in [0.15, 0.2) is 5.71 Å². The third-order valence-corrected chi connectivity index (χ3v) is 4.79. The number of aromatic nitrogens is 1. The number of ketones is 1. The number of nitrogens with zero attached hydrogens (tertiary/aromatic N) is 3. The Labute approximate surface area is 162 Å². The van der Waals surface area contributed by atoms with Gasteiger partial charge in [0.25, 0.3) is 0 Å². The van der Waals surface area contributed by atoms with Gasteiger partial charge in [-0.05, 0) is 35.7 Å². The van der Waals surface area contributed by atoms with Gasteiger partial charge in [0, 0.05) is 36.1 Å². The number of fused-ring (bicyclic) bond motifs is 3. The van der Waals surface area contributed by atoms with Gasteiger partial charge in [-0.25, -0.2) is 4.98 Å². The molecule has 0 saturated carbocycles. The molecule has 0 aliphatic heterocycles. The lowest BCUT2D eigenvalue weighted by Crippen LogP contribution is -2.18. The molecule has 138 valence electrons. The predicted molar refractivity (Wildman–Crippen MR) is 113 cm³/mol. The molecule has 1 aromatic heterocycles. The predicted octanol–water partition coefficient (Wildman–Crippen LogP) is 4.52. The van der Waals surface area contributed by atoms with Crippen molar-refractivity contribution in [1.29, 1.82) is 0 Å². The Morgan fingerprint density at radius 3 is 2.11 bits per heavy atom. The summed E-state index contributed by atoms with van der Waals surface area (Å²) < 4.78 is 0. The molecule has 0 radical (unpaired) electrons. The number of Topliss-reactive ketones (excluding diaryl/α,β-unsaturated/α-hetero) is 1. The van der Waals surface area contributed by atoms with Crippen molar-refractivity contribution in [3.05, 3.63) is 84.1 Å². The van der Waals surface area contributed by atoms with Crippen LogP contribution in [0.5, 0.6) is 0 Å². The normalized spacial score (nSPS) is 11.7. The van der Waals surface area contributed by atoms with Gasteiger partial charge in [-0.3, -0.25) is 4.79 Å². The van der Waals surface area contributed by atoms with E-state index in [4.69, 9.17) is 0 Å². The van der Waals surface area contributed by atoms with E-state index < -0.39 is 0 Å². The topological polar surface area (TPSA) is 65.8 Å². The van der Waals surface area contributed by atoms with Gasteiger partial charge in [0.2, 0.25) is 5.78 Å². The maximum atomic E-state index is 13.1. The monoisotopic (exact) mass is 369 g/mol. The second-order valence-corrected chi connectivity index (χ2v) is 6.74. The number of hydrogen-bond acceptors (Lipinski definition) is 5. The number of carbonyl (C=O) groups excluding carboxylic acids is 1. The SMILES string of the molecule is CN(C)c1ccc(C(=O)/C(=N/O)c2nc3ccccc3c3ccccc23)cc1. The molecule has 0 unspecified atom stereocenters. The first-order chi connectivity index (χ1) is 13.6. The van der Waals surface area contributed by atoms with Crippen LogP contribution in [0.15, 0.2) is 78.0 Å². The summed E-state index contributed by atoms with van der Waals surface area (Å²) in [5.74, 6) is -0.374. The number of hydrogen-bond donors (Lipinski definition) is 1. The highest BCUT2D eigenvalue weighted by molar-refractivity contribution is 6.52. The van der Waals surface area contributed by atoms with Crippen LogP contribution >= 0.6 is 0 Å². The maximum Gasteiger partial charge on any atom is 0.217 e. The number of para-hydroxylation sites is 1. The van der Waals surface area contributed by atoms with Gasteiger partial charge < -0.3 is 10.1 Å². The molecule has 0 aliphatic carbocycles. The molecule has 4 rings (SSSR count). The van der Waals surface area contributed by atoms with Crippen LogP contribution in [-0.2, 0) is 0 Å². The molecular formula is C23H19N3O2. The molecule has 5 heteroatoms. The van der Waals surface area contributed by atoms with Gasteiger partial charge >= 0.3 is 0 Å². The highest BCUT2D eigenvalue weighted by atomic mass is 16.4. The van der Waals surface area contributed by atoms with Crippen LogP contribution in [0, 0.1) is 0 Å². The molecule has 0 fully saturated rings. The van der Waals surface area contributed by atoms with Crippen LogP contribution in [0.4, 0.5) is 5.69 Å². The number of anilines is 1. The number of rotatable bonds is 4. The van der Waals surface area contributed by atoms with E-state index in [1.54, 1.807) is 12.1 Å². The highest BCUT2D eigenvalue weighted by Gasteiger charge is 2.22. The van der Waals surface area contributed by atoms with Crippen molar-refractivity contribution in [2.45, 2.75) is 0 Å². The van der Waals surface area contributed by atoms with Crippen molar-refractivity contribution in [2.75, 3.05) is 19.0 Å². The van der Waals surface area contributed by atoms with Crippen molar-refractivity contribution >= 4 is 38.9 Å². The first-order valence-electron chi connectivity index (χ1n) is 8.92. The Morgan fingerprint density at radius 1 is 0.857 bits per heavy atom. The van der Waals surface area contributed by atoms with E-state index in [2.05, 4.69) is 10.1 Å². The van der Waals surface area contributed by atoms with E-state index in [0.29, 0.717) is 11.3 Å². The molecule has 4 aromatic rings. The minimum absolute atomic E-state index is 0.0699. The molecular weight excluding hydrogens is 350 g/mol. The summed E-state index contributed by atoms with van der Waals surface area (Å²) in [6.45, 7) is 0. The standard InChI is InChI=1S/C23H19N3O2/c1-26(2)16-13-11-15(12-14-16)23(27)22(25-28)21-19-9-4-3-7-17(19)18-8-5-6-10-20(18)24-21/h3-14,28H,1-2H3/b25-22+. The Bertz CT molecular complexity index is 1210. The van der Waals surface area contributed by atoms with Crippen LogP contribution in [0.25, 0.3) is 21.7 Å². The fourth-order valence-corrected chi connectivity index (χ4v) is 3.33. The molecule has 0 amide bonds. The summed E-state index contributed by atoms with van der Waals surface area (Å²) in [5.41, 5.74) is 2.47. The molecule has 1 heterocycles. The second kappa shape index (κ2) is 7.12. The molecule has 0 spiro atoms. The van der Waals surface area contributed by atoms with Crippen molar-refractivity contribution in [3.8, 4) is 0 Å². The average molecular weight is 369 g/mol. The van der Waals surface area contributed by atoms with E-state index in [-0.39, 0.29) is 11.5 Å². The molecule has 1 N–H and O–H groups in total. The lowest BCUT2D eigenvalue weighted by molar-refractivity contribution is 0.106. The zero-order chi connectivity index (χ0) is 19.7. The van der Waals surface area contributed by atoms with Crippen LogP contribution in [0.2, 0.25) is 0 Å². The van der Waals surface area contributed by atoms with Crippen molar-refractivity contribution in [3.63, 3.8) is 0 Å². The summed E-state index contributed by atoms with van der Waals surface area (Å²) in [4.78, 5) is 19.7. The summed E-state index contributed by atoms with van der Waals surface area (Å²) in [7, 11) is 3.87. The van der Waals surface area contributed by atoms with Gasteiger partial charge in [0.05, 0.1) is 5.52 Å². The maximum absolute atomic E-state index is 13.1. The van der Waals surface area contributed by atoms with Gasteiger partial charge in [-0.15, -0.1) is 0 Å². The Morgan fingerprint density at radius 2 is 1.46 bits per heavy atom. The van der Waals surface area contributed by atoms with Crippen LogP contribution in [-0.4, -0.2) is 35.8 Å². The van der Waals surface area contributed by atoms with Crippen molar-refractivity contribution in [1.82, 2.24) is 4.98 Å². The van der Waals surface area contributed by atoms with E-state index in [0.717, 1.165) is 27.4 Å². The number of pyridine rings is 1. The molecule has 0 bridgehead atoms. The van der Waals surface area contributed by atoms with Gasteiger partial charge in [-0.1, -0.05) is 47.6 Å². The molecule has 28 heavy (non-hydrogen) atoms. The molecule has 3 aromatic carbocycles. The zero-order valence-corrected chi connectivity index (χ0v) is 15.6. The van der Waals surface area contributed by atoms with Crippen molar-refractivity contribution < 1.29 is 10.0 Å². The molecule has 5 nitrogen and oxygen atoms in total. The van der Waals surface area contributed by atoms with E-state index >= 15 is 0 Å². The second-order valence-electron chi connectivity index (χ2n) is 6.74. The van der Waals surface area contributed by atoms with Crippen LogP contribution in [0.3, 0.4) is 0 Å². The molecule has 0 atom stereocenters. The average Bonchev–Trinajstić information content (AvgIpc) is 2.74. The minimum Gasteiger partial charge on any atom is -0.410 e. The van der Waals surface area contributed by atoms with E-state index in [1.165, 1.54) is 0 Å². The highest BCUT2D eigenvalue weighted by Crippen LogP contribution is 2.27. The summed E-state index contributed by atoms with van der Waals surface area (Å²) in [6, 6.07) is 22.6. The summed E-state index contributed by atoms with van der Waals surface area (Å²) >= 11 is 0. The zero-order valence-electron chi connectivity index (χ0n) is 15.6. The Hall–Kier alpha value is -3.73. The van der Waals surface area contributed by atoms with Crippen molar-refractivity contribution in [2.24, 2.45) is 5.16 Å². The summed E-state index contributed by atoms with van der Waals surface area (Å²) in [5, 5.41) is 15.8. The number of benzene rings is 3. The lowest BCUT2D eigenvalue weighted by Gasteiger charge is -2.13. The first-order valence-corrected chi connectivity index (χ1v) is 8.92. The molecule has 0 aliphatic rings.